The molecule has 1 aliphatic heterocycles. The first-order chi connectivity index (χ1) is 7.70. The zero-order chi connectivity index (χ0) is 11.5. The lowest BCUT2D eigenvalue weighted by Gasteiger charge is -2.37. The maximum Gasteiger partial charge on any atom is 0.129 e. The first-order valence-electron chi connectivity index (χ1n) is 5.99. The van der Waals surface area contributed by atoms with Gasteiger partial charge in [0.2, 0.25) is 0 Å². The molecule has 2 rings (SSSR count). The Morgan fingerprint density at radius 1 is 1.38 bits per heavy atom. The van der Waals surface area contributed by atoms with E-state index in [0.29, 0.717) is 11.9 Å². The maximum atomic E-state index is 5.82. The van der Waals surface area contributed by atoms with Gasteiger partial charge in [0, 0.05) is 12.6 Å². The Labute approximate surface area is 103 Å². The first kappa shape index (κ1) is 11.7. The van der Waals surface area contributed by atoms with Crippen LogP contribution in [0.2, 0.25) is 0 Å². The van der Waals surface area contributed by atoms with Crippen LogP contribution in [-0.4, -0.2) is 17.6 Å². The summed E-state index contributed by atoms with van der Waals surface area (Å²) in [6.07, 6.45) is 2.58. The van der Waals surface area contributed by atoms with Crippen molar-refractivity contribution in [2.24, 2.45) is 5.92 Å². The normalized spacial score (nSPS) is 25.8. The number of hydrogen-bond donors (Lipinski definition) is 0. The Kier molecular flexibility index (Phi) is 3.70. The number of nitrogens with zero attached hydrogens (tertiary/aromatic N) is 2. The van der Waals surface area contributed by atoms with Crippen molar-refractivity contribution in [1.29, 1.82) is 0 Å². The van der Waals surface area contributed by atoms with Crippen molar-refractivity contribution in [2.75, 3.05) is 11.4 Å². The predicted octanol–water partition coefficient (Wildman–Crippen LogP) is 3.45. The number of halogens is 1. The van der Waals surface area contributed by atoms with Gasteiger partial charge in [-0.1, -0.05) is 13.0 Å². The van der Waals surface area contributed by atoms with E-state index in [0.717, 1.165) is 24.0 Å². The fourth-order valence-corrected chi connectivity index (χ4v) is 2.46. The van der Waals surface area contributed by atoms with Crippen LogP contribution in [0, 0.1) is 5.92 Å². The van der Waals surface area contributed by atoms with E-state index in [1.807, 2.05) is 12.1 Å². The lowest BCUT2D eigenvalue weighted by molar-refractivity contribution is 0.388. The van der Waals surface area contributed by atoms with Gasteiger partial charge in [0.15, 0.2) is 0 Å². The molecule has 0 aromatic carbocycles. The van der Waals surface area contributed by atoms with Gasteiger partial charge in [0.1, 0.15) is 5.82 Å². The standard InChI is InChI=1S/C13H19ClN2/c1-10-6-7-11(2)16(9-10)13-5-3-4-12(8-14)15-13/h3-5,10-11H,6-9H2,1-2H3. The van der Waals surface area contributed by atoms with Gasteiger partial charge in [-0.3, -0.25) is 0 Å². The number of aromatic nitrogens is 1. The van der Waals surface area contributed by atoms with Gasteiger partial charge in [-0.15, -0.1) is 11.6 Å². The highest BCUT2D eigenvalue weighted by Crippen LogP contribution is 2.26. The second-order valence-corrected chi connectivity index (χ2v) is 5.07. The van der Waals surface area contributed by atoms with E-state index in [1.54, 1.807) is 0 Å². The van der Waals surface area contributed by atoms with Gasteiger partial charge in [-0.25, -0.2) is 4.98 Å². The third-order valence-electron chi connectivity index (χ3n) is 3.34. The number of hydrogen-bond acceptors (Lipinski definition) is 2. The van der Waals surface area contributed by atoms with Gasteiger partial charge in [0.25, 0.3) is 0 Å². The number of anilines is 1. The second kappa shape index (κ2) is 5.05. The monoisotopic (exact) mass is 238 g/mol. The van der Waals surface area contributed by atoms with Crippen LogP contribution in [0.15, 0.2) is 18.2 Å². The van der Waals surface area contributed by atoms with Crippen molar-refractivity contribution in [3.63, 3.8) is 0 Å². The molecule has 0 aliphatic carbocycles. The number of alkyl halides is 1. The Morgan fingerprint density at radius 2 is 2.19 bits per heavy atom. The van der Waals surface area contributed by atoms with Crippen LogP contribution in [0.1, 0.15) is 32.4 Å². The minimum absolute atomic E-state index is 0.492. The third kappa shape index (κ3) is 2.49. The summed E-state index contributed by atoms with van der Waals surface area (Å²) in [4.78, 5) is 7.00. The van der Waals surface area contributed by atoms with E-state index >= 15 is 0 Å². The Balaban J connectivity index is 2.20. The molecule has 16 heavy (non-hydrogen) atoms. The molecular formula is C13H19ClN2. The van der Waals surface area contributed by atoms with Gasteiger partial charge >= 0.3 is 0 Å². The molecule has 1 aliphatic rings. The Hall–Kier alpha value is -0.760. The fourth-order valence-electron chi connectivity index (χ4n) is 2.31. The highest BCUT2D eigenvalue weighted by atomic mass is 35.5. The summed E-state index contributed by atoms with van der Waals surface area (Å²) in [6, 6.07) is 6.71. The van der Waals surface area contributed by atoms with Gasteiger partial charge in [-0.2, -0.15) is 0 Å². The fraction of sp³-hybridized carbons (Fsp3) is 0.615. The van der Waals surface area contributed by atoms with E-state index in [1.165, 1.54) is 12.8 Å². The van der Waals surface area contributed by atoms with Crippen molar-refractivity contribution in [1.82, 2.24) is 4.98 Å². The van der Waals surface area contributed by atoms with Crippen molar-refractivity contribution in [3.05, 3.63) is 23.9 Å². The van der Waals surface area contributed by atoms with Gasteiger partial charge in [-0.05, 0) is 37.8 Å². The molecule has 1 saturated heterocycles. The topological polar surface area (TPSA) is 16.1 Å². The molecule has 0 spiro atoms. The first-order valence-corrected chi connectivity index (χ1v) is 6.52. The summed E-state index contributed by atoms with van der Waals surface area (Å²) in [5.74, 6) is 2.33. The van der Waals surface area contributed by atoms with E-state index in [4.69, 9.17) is 11.6 Å². The van der Waals surface area contributed by atoms with E-state index in [2.05, 4.69) is 29.8 Å². The molecule has 0 radical (unpaired) electrons. The molecule has 2 nitrogen and oxygen atoms in total. The molecular weight excluding hydrogens is 220 g/mol. The van der Waals surface area contributed by atoms with Crippen molar-refractivity contribution >= 4 is 17.4 Å². The summed E-state index contributed by atoms with van der Waals surface area (Å²) < 4.78 is 0. The molecule has 2 heterocycles. The lowest BCUT2D eigenvalue weighted by atomic mass is 9.95. The second-order valence-electron chi connectivity index (χ2n) is 4.80. The van der Waals surface area contributed by atoms with Crippen LogP contribution < -0.4 is 4.90 Å². The van der Waals surface area contributed by atoms with Crippen molar-refractivity contribution < 1.29 is 0 Å². The van der Waals surface area contributed by atoms with E-state index in [9.17, 15) is 0 Å². The summed E-state index contributed by atoms with van der Waals surface area (Å²) in [5.41, 5.74) is 0.963. The molecule has 3 heteroatoms. The smallest absolute Gasteiger partial charge is 0.129 e. The average molecular weight is 239 g/mol. The molecule has 0 saturated carbocycles. The summed E-state index contributed by atoms with van der Waals surface area (Å²) in [5, 5.41) is 0. The Bertz CT molecular complexity index is 354. The summed E-state index contributed by atoms with van der Waals surface area (Å²) in [7, 11) is 0. The summed E-state index contributed by atoms with van der Waals surface area (Å²) >= 11 is 5.82. The highest BCUT2D eigenvalue weighted by Gasteiger charge is 2.23. The lowest BCUT2D eigenvalue weighted by Crippen LogP contribution is -2.41. The van der Waals surface area contributed by atoms with Crippen LogP contribution in [0.3, 0.4) is 0 Å². The number of rotatable bonds is 2. The van der Waals surface area contributed by atoms with Crippen LogP contribution in [0.5, 0.6) is 0 Å². The molecule has 0 bridgehead atoms. The SMILES string of the molecule is CC1CCC(C)N(c2cccc(CCl)n2)C1. The number of pyridine rings is 1. The van der Waals surface area contributed by atoms with E-state index in [-0.39, 0.29) is 0 Å². The van der Waals surface area contributed by atoms with E-state index < -0.39 is 0 Å². The zero-order valence-corrected chi connectivity index (χ0v) is 10.7. The molecule has 0 amide bonds. The minimum atomic E-state index is 0.492. The number of piperidine rings is 1. The molecule has 1 aromatic heterocycles. The van der Waals surface area contributed by atoms with Crippen LogP contribution in [0.4, 0.5) is 5.82 Å². The van der Waals surface area contributed by atoms with Crippen molar-refractivity contribution in [3.8, 4) is 0 Å². The molecule has 88 valence electrons. The van der Waals surface area contributed by atoms with Gasteiger partial charge in [0.05, 0.1) is 11.6 Å². The third-order valence-corrected chi connectivity index (χ3v) is 3.61. The molecule has 2 atom stereocenters. The maximum absolute atomic E-state index is 5.82. The van der Waals surface area contributed by atoms with Gasteiger partial charge < -0.3 is 4.90 Å². The molecule has 0 N–H and O–H groups in total. The minimum Gasteiger partial charge on any atom is -0.354 e. The quantitative estimate of drug-likeness (QED) is 0.734. The Morgan fingerprint density at radius 3 is 2.94 bits per heavy atom. The predicted molar refractivity (Wildman–Crippen MR) is 69.0 cm³/mol. The highest BCUT2D eigenvalue weighted by molar-refractivity contribution is 6.16. The van der Waals surface area contributed by atoms with Crippen LogP contribution in [0.25, 0.3) is 0 Å². The average Bonchev–Trinajstić information content (AvgIpc) is 2.32. The molecule has 1 aromatic rings. The largest absolute Gasteiger partial charge is 0.354 e. The zero-order valence-electron chi connectivity index (χ0n) is 9.99. The summed E-state index contributed by atoms with van der Waals surface area (Å²) in [6.45, 7) is 5.70. The van der Waals surface area contributed by atoms with Crippen LogP contribution in [-0.2, 0) is 5.88 Å². The molecule has 1 fully saturated rings. The molecule has 2 unspecified atom stereocenters. The van der Waals surface area contributed by atoms with Crippen LogP contribution >= 0.6 is 11.6 Å². The van der Waals surface area contributed by atoms with Crippen molar-refractivity contribution in [2.45, 2.75) is 38.6 Å².